The van der Waals surface area contributed by atoms with Gasteiger partial charge in [-0.15, -0.1) is 0 Å². The van der Waals surface area contributed by atoms with E-state index in [9.17, 15) is 13.2 Å². The molecule has 0 unspecified atom stereocenters. The topological polar surface area (TPSA) is 98.5 Å². The summed E-state index contributed by atoms with van der Waals surface area (Å²) in [6.45, 7) is 2.62. The molecule has 0 atom stereocenters. The highest BCUT2D eigenvalue weighted by molar-refractivity contribution is 7.89. The Morgan fingerprint density at radius 1 is 1.47 bits per heavy atom. The first-order chi connectivity index (χ1) is 8.82. The van der Waals surface area contributed by atoms with Gasteiger partial charge in [0.15, 0.2) is 0 Å². The van der Waals surface area contributed by atoms with Gasteiger partial charge in [0.05, 0.1) is 16.5 Å². The average Bonchev–Trinajstić information content (AvgIpc) is 2.34. The quantitative estimate of drug-likeness (QED) is 0.867. The van der Waals surface area contributed by atoms with Crippen molar-refractivity contribution in [2.24, 2.45) is 0 Å². The van der Waals surface area contributed by atoms with E-state index < -0.39 is 22.5 Å². The molecule has 0 aliphatic heterocycles. The molecule has 0 aliphatic carbocycles. The number of aliphatic carboxylic acids is 1. The number of carboxylic acid groups (broad SMARTS) is 1. The summed E-state index contributed by atoms with van der Waals surface area (Å²) in [7, 11) is -3.86. The monoisotopic (exact) mass is 282 g/mol. The second-order valence-electron chi connectivity index (χ2n) is 3.92. The van der Waals surface area contributed by atoms with Gasteiger partial charge in [-0.25, -0.2) is 8.42 Å². The maximum atomic E-state index is 12.3. The van der Waals surface area contributed by atoms with Crippen LogP contribution in [0.25, 0.3) is 0 Å². The number of likely N-dealkylation sites (N-methyl/N-ethyl adjacent to an activating group) is 1. The molecule has 0 saturated heterocycles. The van der Waals surface area contributed by atoms with Crippen molar-refractivity contribution in [3.05, 3.63) is 29.3 Å². The van der Waals surface area contributed by atoms with E-state index >= 15 is 0 Å². The van der Waals surface area contributed by atoms with Crippen LogP contribution in [0.15, 0.2) is 23.1 Å². The molecule has 0 saturated carbocycles. The fourth-order valence-corrected chi connectivity index (χ4v) is 3.27. The summed E-state index contributed by atoms with van der Waals surface area (Å²) in [5.74, 6) is -1.21. The van der Waals surface area contributed by atoms with E-state index in [2.05, 4.69) is 0 Å². The Bertz CT molecular complexity index is 632. The summed E-state index contributed by atoms with van der Waals surface area (Å²) in [6.07, 6.45) is 0. The SMILES string of the molecule is CCN(CC(=O)O)S(=O)(=O)c1ccc(C#N)cc1C. The summed E-state index contributed by atoms with van der Waals surface area (Å²) in [5, 5.41) is 17.5. The normalized spacial score (nSPS) is 11.3. The molecule has 0 spiro atoms. The zero-order valence-electron chi connectivity index (χ0n) is 10.6. The highest BCUT2D eigenvalue weighted by atomic mass is 32.2. The van der Waals surface area contributed by atoms with E-state index in [-0.39, 0.29) is 11.4 Å². The van der Waals surface area contributed by atoms with Crippen LogP contribution in [0.3, 0.4) is 0 Å². The molecule has 6 nitrogen and oxygen atoms in total. The van der Waals surface area contributed by atoms with Crippen molar-refractivity contribution in [3.63, 3.8) is 0 Å². The summed E-state index contributed by atoms with van der Waals surface area (Å²) in [5.41, 5.74) is 0.778. The van der Waals surface area contributed by atoms with E-state index in [4.69, 9.17) is 10.4 Å². The predicted molar refractivity (Wildman–Crippen MR) is 68.0 cm³/mol. The zero-order valence-corrected chi connectivity index (χ0v) is 11.4. The molecule has 1 rings (SSSR count). The fourth-order valence-electron chi connectivity index (χ4n) is 1.67. The number of sulfonamides is 1. The Labute approximate surface area is 111 Å². The van der Waals surface area contributed by atoms with E-state index in [1.165, 1.54) is 18.2 Å². The van der Waals surface area contributed by atoms with Crippen LogP contribution >= 0.6 is 0 Å². The van der Waals surface area contributed by atoms with Gasteiger partial charge in [-0.05, 0) is 30.7 Å². The molecule has 0 aliphatic rings. The van der Waals surface area contributed by atoms with Gasteiger partial charge in [-0.1, -0.05) is 6.92 Å². The number of carbonyl (C=O) groups is 1. The van der Waals surface area contributed by atoms with Gasteiger partial charge < -0.3 is 5.11 Å². The van der Waals surface area contributed by atoms with Gasteiger partial charge in [0, 0.05) is 6.54 Å². The van der Waals surface area contributed by atoms with Gasteiger partial charge in [0.25, 0.3) is 0 Å². The second kappa shape index (κ2) is 5.82. The van der Waals surface area contributed by atoms with Gasteiger partial charge >= 0.3 is 5.97 Å². The van der Waals surface area contributed by atoms with Gasteiger partial charge in [0.2, 0.25) is 10.0 Å². The number of aryl methyl sites for hydroxylation is 1. The van der Waals surface area contributed by atoms with Crippen molar-refractivity contribution < 1.29 is 18.3 Å². The number of rotatable bonds is 5. The van der Waals surface area contributed by atoms with Gasteiger partial charge in [0.1, 0.15) is 6.54 Å². The van der Waals surface area contributed by atoms with E-state index in [0.29, 0.717) is 11.1 Å². The van der Waals surface area contributed by atoms with Crippen LogP contribution in [0, 0.1) is 18.3 Å². The number of nitrogens with zero attached hydrogens (tertiary/aromatic N) is 2. The molecule has 1 aromatic carbocycles. The number of nitriles is 1. The standard InChI is InChI=1S/C12H14N2O4S/c1-3-14(8-12(15)16)19(17,18)11-5-4-10(7-13)6-9(11)2/h4-6H,3,8H2,1-2H3,(H,15,16). The van der Waals surface area contributed by atoms with Crippen molar-refractivity contribution in [3.8, 4) is 6.07 Å². The first-order valence-corrected chi connectivity index (χ1v) is 6.99. The van der Waals surface area contributed by atoms with E-state index in [0.717, 1.165) is 4.31 Å². The van der Waals surface area contributed by atoms with Crippen molar-refractivity contribution in [2.45, 2.75) is 18.7 Å². The first kappa shape index (κ1) is 15.1. The van der Waals surface area contributed by atoms with Crippen LogP contribution in [0.1, 0.15) is 18.1 Å². The van der Waals surface area contributed by atoms with Crippen LogP contribution in [-0.4, -0.2) is 36.9 Å². The van der Waals surface area contributed by atoms with E-state index in [1.807, 2.05) is 6.07 Å². The number of benzene rings is 1. The minimum absolute atomic E-state index is 0.0228. The lowest BCUT2D eigenvalue weighted by atomic mass is 10.2. The molecule has 1 aromatic rings. The van der Waals surface area contributed by atoms with Crippen LogP contribution in [-0.2, 0) is 14.8 Å². The van der Waals surface area contributed by atoms with Gasteiger partial charge in [-0.2, -0.15) is 9.57 Å². The molecule has 1 N–H and O–H groups in total. The molecule has 0 aromatic heterocycles. The van der Waals surface area contributed by atoms with E-state index in [1.54, 1.807) is 13.8 Å². The lowest BCUT2D eigenvalue weighted by molar-refractivity contribution is -0.137. The lowest BCUT2D eigenvalue weighted by Gasteiger charge is -2.19. The highest BCUT2D eigenvalue weighted by Gasteiger charge is 2.26. The molecule has 0 radical (unpaired) electrons. The average molecular weight is 282 g/mol. The summed E-state index contributed by atoms with van der Waals surface area (Å²) >= 11 is 0. The maximum absolute atomic E-state index is 12.3. The van der Waals surface area contributed by atoms with Crippen LogP contribution in [0.4, 0.5) is 0 Å². The molecule has 7 heteroatoms. The van der Waals surface area contributed by atoms with Crippen LogP contribution < -0.4 is 0 Å². The van der Waals surface area contributed by atoms with Crippen molar-refractivity contribution in [1.29, 1.82) is 5.26 Å². The molecule has 0 bridgehead atoms. The Morgan fingerprint density at radius 2 is 2.11 bits per heavy atom. The number of hydrogen-bond donors (Lipinski definition) is 1. The lowest BCUT2D eigenvalue weighted by Crippen LogP contribution is -2.35. The molecule has 19 heavy (non-hydrogen) atoms. The predicted octanol–water partition coefficient (Wildman–Crippen LogP) is 0.962. The smallest absolute Gasteiger partial charge is 0.318 e. The highest BCUT2D eigenvalue weighted by Crippen LogP contribution is 2.20. The largest absolute Gasteiger partial charge is 0.480 e. The maximum Gasteiger partial charge on any atom is 0.318 e. The Morgan fingerprint density at radius 3 is 2.53 bits per heavy atom. The third kappa shape index (κ3) is 3.30. The zero-order chi connectivity index (χ0) is 14.6. The number of carboxylic acids is 1. The Balaban J connectivity index is 3.26. The Kier molecular flexibility index (Phi) is 4.64. The fraction of sp³-hybridized carbons (Fsp3) is 0.333. The second-order valence-corrected chi connectivity index (χ2v) is 5.82. The van der Waals surface area contributed by atoms with Crippen molar-refractivity contribution in [2.75, 3.05) is 13.1 Å². The van der Waals surface area contributed by atoms with Crippen LogP contribution in [0.5, 0.6) is 0 Å². The minimum Gasteiger partial charge on any atom is -0.480 e. The van der Waals surface area contributed by atoms with Crippen molar-refractivity contribution in [1.82, 2.24) is 4.31 Å². The molecular formula is C12H14N2O4S. The van der Waals surface area contributed by atoms with Gasteiger partial charge in [-0.3, -0.25) is 4.79 Å². The Hall–Kier alpha value is -1.91. The summed E-state index contributed by atoms with van der Waals surface area (Å²) in [4.78, 5) is 10.7. The first-order valence-electron chi connectivity index (χ1n) is 5.55. The number of hydrogen-bond acceptors (Lipinski definition) is 4. The molecule has 0 fully saturated rings. The third-order valence-electron chi connectivity index (χ3n) is 2.59. The minimum atomic E-state index is -3.86. The van der Waals surface area contributed by atoms with Crippen molar-refractivity contribution >= 4 is 16.0 Å². The summed E-state index contributed by atoms with van der Waals surface area (Å²) < 4.78 is 25.5. The van der Waals surface area contributed by atoms with Crippen LogP contribution in [0.2, 0.25) is 0 Å². The molecular weight excluding hydrogens is 268 g/mol. The molecule has 0 amide bonds. The summed E-state index contributed by atoms with van der Waals surface area (Å²) in [6, 6.07) is 6.10. The third-order valence-corrected chi connectivity index (χ3v) is 4.67. The molecule has 102 valence electrons. The molecule has 0 heterocycles.